The van der Waals surface area contributed by atoms with Crippen LogP contribution >= 0.6 is 0 Å². The summed E-state index contributed by atoms with van der Waals surface area (Å²) in [6, 6.07) is 7.61. The second-order valence-electron chi connectivity index (χ2n) is 4.21. The van der Waals surface area contributed by atoms with Crippen molar-refractivity contribution in [1.82, 2.24) is 9.97 Å². The highest BCUT2D eigenvalue weighted by atomic mass is 16.2. The van der Waals surface area contributed by atoms with Gasteiger partial charge in [0.2, 0.25) is 11.9 Å². The first kappa shape index (κ1) is 9.35. The third-order valence-electron chi connectivity index (χ3n) is 2.86. The highest BCUT2D eigenvalue weighted by molar-refractivity contribution is 5.99. The van der Waals surface area contributed by atoms with Gasteiger partial charge in [-0.3, -0.25) is 10.1 Å². The number of anilines is 1. The third-order valence-corrected chi connectivity index (χ3v) is 2.86. The summed E-state index contributed by atoms with van der Waals surface area (Å²) >= 11 is 0. The van der Waals surface area contributed by atoms with Gasteiger partial charge >= 0.3 is 0 Å². The number of nitrogens with two attached hydrogens (primary N) is 1. The van der Waals surface area contributed by atoms with Gasteiger partial charge in [-0.05, 0) is 25.0 Å². The molecular weight excluding hydrogens is 204 g/mol. The zero-order valence-electron chi connectivity index (χ0n) is 8.66. The molecule has 1 heterocycles. The van der Waals surface area contributed by atoms with Crippen LogP contribution in [-0.2, 0) is 4.79 Å². The van der Waals surface area contributed by atoms with Crippen LogP contribution in [0.1, 0.15) is 12.8 Å². The van der Waals surface area contributed by atoms with Crippen molar-refractivity contribution in [2.75, 3.05) is 5.32 Å². The van der Waals surface area contributed by atoms with Crippen LogP contribution in [0, 0.1) is 0 Å². The second kappa shape index (κ2) is 3.05. The number of carbonyl (C=O) groups is 1. The van der Waals surface area contributed by atoms with Gasteiger partial charge in [0.15, 0.2) is 0 Å². The first-order valence-electron chi connectivity index (χ1n) is 5.22. The minimum atomic E-state index is -0.668. The van der Waals surface area contributed by atoms with Crippen molar-refractivity contribution in [1.29, 1.82) is 0 Å². The lowest BCUT2D eigenvalue weighted by molar-refractivity contribution is -0.118. The summed E-state index contributed by atoms with van der Waals surface area (Å²) < 4.78 is 0. The summed E-state index contributed by atoms with van der Waals surface area (Å²) in [6.45, 7) is 0. The Morgan fingerprint density at radius 3 is 2.88 bits per heavy atom. The van der Waals surface area contributed by atoms with Gasteiger partial charge in [-0.25, -0.2) is 4.98 Å². The molecule has 4 N–H and O–H groups in total. The first-order chi connectivity index (χ1) is 7.67. The number of hydrogen-bond acceptors (Lipinski definition) is 3. The molecule has 2 aromatic rings. The molecule has 5 heteroatoms. The molecule has 0 radical (unpaired) electrons. The van der Waals surface area contributed by atoms with Gasteiger partial charge < -0.3 is 10.7 Å². The average molecular weight is 216 g/mol. The number of nitrogens with one attached hydrogen (secondary N) is 2. The summed E-state index contributed by atoms with van der Waals surface area (Å²) in [7, 11) is 0. The molecule has 1 aliphatic rings. The Hall–Kier alpha value is -1.88. The predicted molar refractivity (Wildman–Crippen MR) is 60.9 cm³/mol. The van der Waals surface area contributed by atoms with Crippen molar-refractivity contribution in [3.63, 3.8) is 0 Å². The second-order valence-corrected chi connectivity index (χ2v) is 4.21. The van der Waals surface area contributed by atoms with Crippen molar-refractivity contribution in [2.45, 2.75) is 18.4 Å². The molecule has 1 aliphatic carbocycles. The van der Waals surface area contributed by atoms with E-state index in [9.17, 15) is 4.79 Å². The van der Waals surface area contributed by atoms with E-state index in [1.54, 1.807) is 0 Å². The molecule has 0 saturated heterocycles. The molecule has 1 aromatic heterocycles. The summed E-state index contributed by atoms with van der Waals surface area (Å²) in [6.07, 6.45) is 1.50. The molecule has 0 spiro atoms. The fraction of sp³-hybridized carbons (Fsp3) is 0.273. The highest BCUT2D eigenvalue weighted by Gasteiger charge is 2.46. The number of amides is 1. The van der Waals surface area contributed by atoms with Crippen molar-refractivity contribution in [2.24, 2.45) is 5.73 Å². The van der Waals surface area contributed by atoms with Gasteiger partial charge in [-0.2, -0.15) is 0 Å². The zero-order valence-corrected chi connectivity index (χ0v) is 8.66. The molecule has 0 atom stereocenters. The summed E-state index contributed by atoms with van der Waals surface area (Å²) in [5.41, 5.74) is 6.85. The Morgan fingerprint density at radius 1 is 1.44 bits per heavy atom. The molecule has 16 heavy (non-hydrogen) atoms. The van der Waals surface area contributed by atoms with E-state index >= 15 is 0 Å². The monoisotopic (exact) mass is 216 g/mol. The van der Waals surface area contributed by atoms with Gasteiger partial charge in [0.25, 0.3) is 0 Å². The molecule has 82 valence electrons. The number of benzene rings is 1. The van der Waals surface area contributed by atoms with E-state index in [4.69, 9.17) is 5.73 Å². The molecular formula is C11H12N4O. The van der Waals surface area contributed by atoms with E-state index in [1.165, 1.54) is 0 Å². The number of aromatic nitrogens is 2. The molecule has 1 fully saturated rings. The number of H-pyrrole nitrogens is 1. The quantitative estimate of drug-likeness (QED) is 0.700. The van der Waals surface area contributed by atoms with Crippen LogP contribution in [0.5, 0.6) is 0 Å². The Morgan fingerprint density at radius 2 is 2.19 bits per heavy atom. The van der Waals surface area contributed by atoms with Gasteiger partial charge in [0.05, 0.1) is 16.6 Å². The van der Waals surface area contributed by atoms with Crippen molar-refractivity contribution < 1.29 is 4.79 Å². The maximum absolute atomic E-state index is 11.7. The minimum Gasteiger partial charge on any atom is -0.324 e. The number of nitrogens with zero attached hydrogens (tertiary/aromatic N) is 1. The van der Waals surface area contributed by atoms with Gasteiger partial charge in [-0.15, -0.1) is 0 Å². The van der Waals surface area contributed by atoms with Crippen LogP contribution in [0.25, 0.3) is 11.0 Å². The largest absolute Gasteiger partial charge is 0.324 e. The third kappa shape index (κ3) is 1.45. The number of aromatic amines is 1. The standard InChI is InChI=1S/C11H12N4O/c12-11(5-6-11)9(16)15-10-13-7-3-1-2-4-8(7)14-10/h1-4H,5-6,12H2,(H2,13,14,15,16). The average Bonchev–Trinajstić information content (AvgIpc) is 2.90. The van der Waals surface area contributed by atoms with Crippen LogP contribution in [0.4, 0.5) is 5.95 Å². The lowest BCUT2D eigenvalue weighted by Gasteiger charge is -2.06. The predicted octanol–water partition coefficient (Wildman–Crippen LogP) is 0.993. The number of para-hydroxylation sites is 2. The van der Waals surface area contributed by atoms with E-state index in [1.807, 2.05) is 24.3 Å². The summed E-state index contributed by atoms with van der Waals surface area (Å²) in [5, 5.41) is 2.70. The lowest BCUT2D eigenvalue weighted by atomic mass is 10.3. The lowest BCUT2D eigenvalue weighted by Crippen LogP contribution is -2.38. The maximum atomic E-state index is 11.7. The smallest absolute Gasteiger partial charge is 0.246 e. The fourth-order valence-corrected chi connectivity index (χ4v) is 1.61. The number of carbonyl (C=O) groups excluding carboxylic acids is 1. The van der Waals surface area contributed by atoms with Crippen LogP contribution in [0.2, 0.25) is 0 Å². The van der Waals surface area contributed by atoms with Gasteiger partial charge in [-0.1, -0.05) is 12.1 Å². The maximum Gasteiger partial charge on any atom is 0.246 e. The number of fused-ring (bicyclic) bond motifs is 1. The van der Waals surface area contributed by atoms with Crippen LogP contribution in [0.15, 0.2) is 24.3 Å². The number of rotatable bonds is 2. The Kier molecular flexibility index (Phi) is 1.79. The zero-order chi connectivity index (χ0) is 11.2. The van der Waals surface area contributed by atoms with Gasteiger partial charge in [0.1, 0.15) is 0 Å². The van der Waals surface area contributed by atoms with E-state index in [0.717, 1.165) is 23.9 Å². The Labute approximate surface area is 92.0 Å². The molecule has 0 bridgehead atoms. The topological polar surface area (TPSA) is 83.8 Å². The highest BCUT2D eigenvalue weighted by Crippen LogP contribution is 2.33. The van der Waals surface area contributed by atoms with Crippen LogP contribution in [0.3, 0.4) is 0 Å². The number of hydrogen-bond donors (Lipinski definition) is 3. The normalized spacial score (nSPS) is 17.3. The van der Waals surface area contributed by atoms with Crippen LogP contribution in [-0.4, -0.2) is 21.4 Å². The summed E-state index contributed by atoms with van der Waals surface area (Å²) in [4.78, 5) is 19.0. The molecule has 1 aromatic carbocycles. The van der Waals surface area contributed by atoms with E-state index in [2.05, 4.69) is 15.3 Å². The minimum absolute atomic E-state index is 0.161. The van der Waals surface area contributed by atoms with Crippen molar-refractivity contribution >= 4 is 22.9 Å². The fourth-order valence-electron chi connectivity index (χ4n) is 1.61. The van der Waals surface area contributed by atoms with Crippen molar-refractivity contribution in [3.05, 3.63) is 24.3 Å². The van der Waals surface area contributed by atoms with E-state index in [-0.39, 0.29) is 5.91 Å². The Balaban J connectivity index is 1.87. The van der Waals surface area contributed by atoms with E-state index in [0.29, 0.717) is 5.95 Å². The molecule has 1 saturated carbocycles. The summed E-state index contributed by atoms with van der Waals surface area (Å²) in [5.74, 6) is 0.300. The number of imidazole rings is 1. The SMILES string of the molecule is NC1(C(=O)Nc2nc3ccccc3[nH]2)CC1. The molecule has 1 amide bonds. The molecule has 0 aliphatic heterocycles. The molecule has 0 unspecified atom stereocenters. The van der Waals surface area contributed by atoms with E-state index < -0.39 is 5.54 Å². The molecule has 5 nitrogen and oxygen atoms in total. The Bertz CT molecular complexity index is 523. The van der Waals surface area contributed by atoms with Crippen molar-refractivity contribution in [3.8, 4) is 0 Å². The molecule has 3 rings (SSSR count). The van der Waals surface area contributed by atoms with Crippen LogP contribution < -0.4 is 11.1 Å². The van der Waals surface area contributed by atoms with Gasteiger partial charge in [0, 0.05) is 0 Å². The first-order valence-corrected chi connectivity index (χ1v) is 5.22.